The van der Waals surface area contributed by atoms with E-state index < -0.39 is 0 Å². The fourth-order valence-electron chi connectivity index (χ4n) is 2.67. The average molecular weight is 393 g/mol. The first kappa shape index (κ1) is 29.1. The molecule has 0 fully saturated rings. The van der Waals surface area contributed by atoms with Crippen molar-refractivity contribution in [2.45, 2.75) is 93.9 Å². The average Bonchev–Trinajstić information content (AvgIpc) is 2.70. The van der Waals surface area contributed by atoms with E-state index in [0.717, 1.165) is 38.5 Å². The topological polar surface area (TPSA) is 40.5 Å². The Labute approximate surface area is 176 Å². The van der Waals surface area contributed by atoms with Crippen LogP contribution in [0.4, 0.5) is 0 Å². The summed E-state index contributed by atoms with van der Waals surface area (Å²) in [7, 11) is 0. The summed E-state index contributed by atoms with van der Waals surface area (Å²) in [5, 5.41) is 18.9. The smallest absolute Gasteiger partial charge is 0.0524 e. The fraction of sp³-hybridized carbons (Fsp3) is 0.692. The second-order valence-electron chi connectivity index (χ2n) is 8.34. The Morgan fingerprint density at radius 2 is 0.964 bits per heavy atom. The molecular weight excluding hydrogens is 344 g/mol. The van der Waals surface area contributed by atoms with Gasteiger partial charge in [0, 0.05) is 10.8 Å². The maximum atomic E-state index is 9.44. The van der Waals surface area contributed by atoms with Crippen LogP contribution in [-0.2, 0) is 0 Å². The van der Waals surface area contributed by atoms with Crippen molar-refractivity contribution >= 4 is 0 Å². The monoisotopic (exact) mass is 392 g/mol. The summed E-state index contributed by atoms with van der Waals surface area (Å²) in [5.74, 6) is 0. The van der Waals surface area contributed by atoms with Gasteiger partial charge in [-0.1, -0.05) is 75.3 Å². The molecule has 0 bridgehead atoms. The highest BCUT2D eigenvalue weighted by atomic mass is 16.3. The number of allylic oxidation sites excluding steroid dienone is 6. The summed E-state index contributed by atoms with van der Waals surface area (Å²) < 4.78 is 0. The Morgan fingerprint density at radius 1 is 0.643 bits per heavy atom. The third-order valence-corrected chi connectivity index (χ3v) is 5.29. The van der Waals surface area contributed by atoms with Crippen molar-refractivity contribution in [3.63, 3.8) is 0 Å². The Hall–Kier alpha value is -1.12. The number of hydrogen-bond donors (Lipinski definition) is 2. The van der Waals surface area contributed by atoms with E-state index in [2.05, 4.69) is 91.8 Å². The van der Waals surface area contributed by atoms with Crippen molar-refractivity contribution in [1.29, 1.82) is 0 Å². The molecule has 0 saturated heterocycles. The van der Waals surface area contributed by atoms with Crippen LogP contribution in [0.3, 0.4) is 0 Å². The first-order valence-electron chi connectivity index (χ1n) is 11.0. The minimum absolute atomic E-state index is 0.0344. The largest absolute Gasteiger partial charge is 0.395 e. The predicted octanol–water partition coefficient (Wildman–Crippen LogP) is 7.40. The highest BCUT2D eigenvalue weighted by molar-refractivity contribution is 5.06. The molecule has 2 nitrogen and oxygen atoms in total. The molecular formula is C26H48O2. The number of aliphatic hydroxyl groups excluding tert-OH is 2. The number of hydrogen-bond acceptors (Lipinski definition) is 2. The predicted molar refractivity (Wildman–Crippen MR) is 127 cm³/mol. The molecule has 0 saturated carbocycles. The molecule has 0 aliphatic rings. The van der Waals surface area contributed by atoms with Crippen molar-refractivity contribution < 1.29 is 10.2 Å². The van der Waals surface area contributed by atoms with Gasteiger partial charge < -0.3 is 10.2 Å². The first-order chi connectivity index (χ1) is 13.2. The van der Waals surface area contributed by atoms with Gasteiger partial charge in [-0.05, 0) is 66.2 Å². The minimum Gasteiger partial charge on any atom is -0.395 e. The standard InChI is InChI=1S/2C13H24O/c2*1-5-7-9-13(6-2,11-14)10-8-12(3)4/h2*7-9,14H,5-6,10-11H2,1-4H3. The van der Waals surface area contributed by atoms with Gasteiger partial charge in [0.15, 0.2) is 0 Å². The third-order valence-electron chi connectivity index (χ3n) is 5.29. The molecule has 0 aliphatic heterocycles. The van der Waals surface area contributed by atoms with Gasteiger partial charge in [-0.3, -0.25) is 0 Å². The molecule has 0 radical (unpaired) electrons. The molecule has 0 aromatic heterocycles. The Kier molecular flexibility index (Phi) is 17.5. The zero-order chi connectivity index (χ0) is 22.1. The lowest BCUT2D eigenvalue weighted by atomic mass is 9.81. The second-order valence-corrected chi connectivity index (χ2v) is 8.34. The summed E-state index contributed by atoms with van der Waals surface area (Å²) in [5.41, 5.74) is 2.57. The van der Waals surface area contributed by atoms with E-state index in [1.807, 2.05) is 0 Å². The lowest BCUT2D eigenvalue weighted by molar-refractivity contribution is 0.166. The van der Waals surface area contributed by atoms with Gasteiger partial charge in [-0.15, -0.1) is 0 Å². The Balaban J connectivity index is 0. The molecule has 0 amide bonds. The van der Waals surface area contributed by atoms with Gasteiger partial charge in [0.1, 0.15) is 0 Å². The molecule has 0 aromatic rings. The first-order valence-corrected chi connectivity index (χ1v) is 11.0. The second kappa shape index (κ2) is 16.8. The summed E-state index contributed by atoms with van der Waals surface area (Å²) in [6.07, 6.45) is 19.0. The fourth-order valence-corrected chi connectivity index (χ4v) is 2.67. The van der Waals surface area contributed by atoms with Gasteiger partial charge in [0.05, 0.1) is 13.2 Å². The number of aliphatic hydroxyl groups is 2. The van der Waals surface area contributed by atoms with Crippen LogP contribution in [0, 0.1) is 10.8 Å². The molecule has 2 N–H and O–H groups in total. The molecule has 2 atom stereocenters. The lowest BCUT2D eigenvalue weighted by Crippen LogP contribution is -2.21. The van der Waals surface area contributed by atoms with Crippen LogP contribution in [0.2, 0.25) is 0 Å². The highest BCUT2D eigenvalue weighted by Gasteiger charge is 2.22. The summed E-state index contributed by atoms with van der Waals surface area (Å²) >= 11 is 0. The van der Waals surface area contributed by atoms with Crippen LogP contribution in [0.25, 0.3) is 0 Å². The van der Waals surface area contributed by atoms with Crippen molar-refractivity contribution in [3.05, 3.63) is 47.6 Å². The van der Waals surface area contributed by atoms with Crippen LogP contribution in [0.15, 0.2) is 47.6 Å². The van der Waals surface area contributed by atoms with Crippen molar-refractivity contribution in [2.75, 3.05) is 13.2 Å². The van der Waals surface area contributed by atoms with Crippen molar-refractivity contribution in [3.8, 4) is 0 Å². The maximum Gasteiger partial charge on any atom is 0.0524 e. The Morgan fingerprint density at radius 3 is 1.14 bits per heavy atom. The lowest BCUT2D eigenvalue weighted by Gasteiger charge is -2.25. The normalized spacial score (nSPS) is 15.5. The van der Waals surface area contributed by atoms with E-state index in [9.17, 15) is 10.2 Å². The SMILES string of the molecule is CCC=CC(CC)(CO)CC=C(C)C.CCC=CC(CC)(CO)CC=C(C)C. The molecule has 0 aromatic carbocycles. The molecule has 0 rings (SSSR count). The zero-order valence-corrected chi connectivity index (χ0v) is 20.0. The van der Waals surface area contributed by atoms with E-state index in [4.69, 9.17) is 0 Å². The summed E-state index contributed by atoms with van der Waals surface area (Å²) in [6, 6.07) is 0. The van der Waals surface area contributed by atoms with Crippen LogP contribution in [-0.4, -0.2) is 23.4 Å². The quantitative estimate of drug-likeness (QED) is 0.340. The maximum absolute atomic E-state index is 9.44. The molecule has 2 heteroatoms. The van der Waals surface area contributed by atoms with Crippen LogP contribution >= 0.6 is 0 Å². The summed E-state index contributed by atoms with van der Waals surface area (Å²) in [6.45, 7) is 17.4. The van der Waals surface area contributed by atoms with E-state index in [0.29, 0.717) is 0 Å². The molecule has 0 spiro atoms. The van der Waals surface area contributed by atoms with Gasteiger partial charge in [-0.2, -0.15) is 0 Å². The molecule has 0 heterocycles. The van der Waals surface area contributed by atoms with E-state index in [1.54, 1.807) is 0 Å². The van der Waals surface area contributed by atoms with E-state index in [-0.39, 0.29) is 24.0 Å². The molecule has 0 aliphatic carbocycles. The van der Waals surface area contributed by atoms with E-state index >= 15 is 0 Å². The van der Waals surface area contributed by atoms with Crippen LogP contribution < -0.4 is 0 Å². The molecule has 28 heavy (non-hydrogen) atoms. The highest BCUT2D eigenvalue weighted by Crippen LogP contribution is 2.30. The van der Waals surface area contributed by atoms with E-state index in [1.165, 1.54) is 11.1 Å². The van der Waals surface area contributed by atoms with Crippen molar-refractivity contribution in [1.82, 2.24) is 0 Å². The van der Waals surface area contributed by atoms with Crippen molar-refractivity contribution in [2.24, 2.45) is 10.8 Å². The van der Waals surface area contributed by atoms with Crippen LogP contribution in [0.1, 0.15) is 93.9 Å². The van der Waals surface area contributed by atoms with Gasteiger partial charge in [0.2, 0.25) is 0 Å². The number of rotatable bonds is 12. The van der Waals surface area contributed by atoms with Gasteiger partial charge >= 0.3 is 0 Å². The van der Waals surface area contributed by atoms with Gasteiger partial charge in [-0.25, -0.2) is 0 Å². The van der Waals surface area contributed by atoms with Gasteiger partial charge in [0.25, 0.3) is 0 Å². The summed E-state index contributed by atoms with van der Waals surface area (Å²) in [4.78, 5) is 0. The Bertz CT molecular complexity index is 433. The molecule has 2 unspecified atom stereocenters. The zero-order valence-electron chi connectivity index (χ0n) is 20.0. The van der Waals surface area contributed by atoms with Crippen LogP contribution in [0.5, 0.6) is 0 Å². The third kappa shape index (κ3) is 13.1. The minimum atomic E-state index is -0.0344. The molecule has 164 valence electrons.